The Morgan fingerprint density at radius 2 is 2.13 bits per heavy atom. The molecule has 0 aliphatic carbocycles. The molecule has 2 aliphatic rings. The number of carbonyl (C=O) groups excluding carboxylic acids is 3. The van der Waals surface area contributed by atoms with Gasteiger partial charge in [0.1, 0.15) is 12.0 Å². The van der Waals surface area contributed by atoms with Crippen molar-refractivity contribution >= 4 is 41.5 Å². The number of nitrogens with zero attached hydrogens (tertiary/aromatic N) is 3. The molecule has 0 saturated carbocycles. The first-order valence-electron chi connectivity index (χ1n) is 8.62. The number of fused-ring (bicyclic) bond motifs is 1. The van der Waals surface area contributed by atoms with Crippen LogP contribution in [0.15, 0.2) is 34.5 Å². The Bertz CT molecular complexity index is 996. The van der Waals surface area contributed by atoms with Gasteiger partial charge in [-0.25, -0.2) is 0 Å². The second-order valence-corrected chi connectivity index (χ2v) is 7.41. The first-order chi connectivity index (χ1) is 14.3. The van der Waals surface area contributed by atoms with Crippen LogP contribution in [-0.2, 0) is 19.1 Å². The Balaban J connectivity index is 0.00000341. The van der Waals surface area contributed by atoms with E-state index in [1.54, 1.807) is 6.07 Å². The molecule has 31 heavy (non-hydrogen) atoms. The van der Waals surface area contributed by atoms with Gasteiger partial charge in [-0.1, -0.05) is 6.07 Å². The molecular weight excluding hydrogens is 441 g/mol. The third-order valence-corrected chi connectivity index (χ3v) is 5.79. The van der Waals surface area contributed by atoms with E-state index in [2.05, 4.69) is 4.99 Å². The summed E-state index contributed by atoms with van der Waals surface area (Å²) in [5.74, 6) is -2.47. The molecule has 2 heterocycles. The van der Waals surface area contributed by atoms with E-state index < -0.39 is 34.2 Å². The number of carboxylic acids is 1. The number of esters is 1. The van der Waals surface area contributed by atoms with Gasteiger partial charge in [-0.3, -0.25) is 29.6 Å². The number of para-hydroxylation sites is 1. The van der Waals surface area contributed by atoms with Crippen molar-refractivity contribution in [1.82, 2.24) is 4.90 Å². The number of nitro groups is 1. The molecule has 0 aromatic heterocycles. The van der Waals surface area contributed by atoms with Crippen LogP contribution in [0.4, 0.5) is 5.69 Å². The van der Waals surface area contributed by atoms with Gasteiger partial charge in [-0.15, -0.1) is 11.8 Å². The molecule has 0 unspecified atom stereocenters. The molecule has 0 bridgehead atoms. The number of thioether (sulfide) groups is 1. The molecule has 0 spiro atoms. The molecule has 3 rings (SSSR count). The third kappa shape index (κ3) is 4.92. The average Bonchev–Trinajstić information content (AvgIpc) is 2.70. The van der Waals surface area contributed by atoms with E-state index in [-0.39, 0.29) is 70.2 Å². The van der Waals surface area contributed by atoms with Crippen LogP contribution in [0.5, 0.6) is 5.75 Å². The fourth-order valence-electron chi connectivity index (χ4n) is 3.12. The third-order valence-electron chi connectivity index (χ3n) is 4.47. The van der Waals surface area contributed by atoms with E-state index >= 15 is 0 Å². The molecule has 1 aromatic carbocycles. The minimum atomic E-state index is -1.55. The van der Waals surface area contributed by atoms with Crippen LogP contribution in [0.1, 0.15) is 12.5 Å². The van der Waals surface area contributed by atoms with Gasteiger partial charge in [0.25, 0.3) is 5.91 Å². The van der Waals surface area contributed by atoms with Gasteiger partial charge in [-0.05, 0) is 12.1 Å². The summed E-state index contributed by atoms with van der Waals surface area (Å²) >= 11 is 1.25. The maximum Gasteiger partial charge on any atom is 1.00 e. The number of benzene rings is 1. The van der Waals surface area contributed by atoms with Gasteiger partial charge >= 0.3 is 41.2 Å². The molecule has 2 aliphatic heterocycles. The monoisotopic (exact) mass is 457 g/mol. The largest absolute Gasteiger partial charge is 1.00 e. The first-order valence-corrected chi connectivity index (χ1v) is 9.67. The predicted octanol–water partition coefficient (Wildman–Crippen LogP) is -3.12. The fourth-order valence-corrected chi connectivity index (χ4v) is 4.44. The average molecular weight is 457 g/mol. The number of hydrogen-bond donors (Lipinski definition) is 0. The zero-order valence-corrected chi connectivity index (χ0v) is 19.7. The fraction of sp³-hybridized carbons (Fsp3) is 0.333. The Hall–Kier alpha value is -2.41. The summed E-state index contributed by atoms with van der Waals surface area (Å²) in [5, 5.41) is 22.3. The second-order valence-electron chi connectivity index (χ2n) is 6.31. The van der Waals surface area contributed by atoms with E-state index in [1.165, 1.54) is 44.1 Å². The number of carbonyl (C=O) groups is 3. The summed E-state index contributed by atoms with van der Waals surface area (Å²) in [6, 6.07) is 3.54. The minimum Gasteiger partial charge on any atom is -0.543 e. The van der Waals surface area contributed by atoms with Crippen LogP contribution in [0.2, 0.25) is 0 Å². The van der Waals surface area contributed by atoms with Gasteiger partial charge in [0.15, 0.2) is 11.8 Å². The second kappa shape index (κ2) is 10.3. The SMILES string of the molecule is COc1cccc(C=N[C@@H]2C(=O)N3C(C(=O)[O-])=C(COC(C)=O)CS[C@H]23)c1[N+](=O)[O-].[Na+]. The Labute approximate surface area is 202 Å². The number of ether oxygens (including phenoxy) is 2. The zero-order valence-electron chi connectivity index (χ0n) is 16.9. The summed E-state index contributed by atoms with van der Waals surface area (Å²) in [4.78, 5) is 51.1. The quantitative estimate of drug-likeness (QED) is 0.103. The van der Waals surface area contributed by atoms with Crippen molar-refractivity contribution < 1.29 is 63.4 Å². The van der Waals surface area contributed by atoms with Crippen molar-refractivity contribution in [3.63, 3.8) is 0 Å². The van der Waals surface area contributed by atoms with Gasteiger partial charge < -0.3 is 19.4 Å². The smallest absolute Gasteiger partial charge is 0.543 e. The summed E-state index contributed by atoms with van der Waals surface area (Å²) in [7, 11) is 1.30. The van der Waals surface area contributed by atoms with E-state index in [9.17, 15) is 29.6 Å². The van der Waals surface area contributed by atoms with Gasteiger partial charge in [0.05, 0.1) is 29.3 Å². The van der Waals surface area contributed by atoms with Crippen molar-refractivity contribution in [2.24, 2.45) is 4.99 Å². The Morgan fingerprint density at radius 1 is 1.42 bits per heavy atom. The number of carboxylic acid groups (broad SMARTS) is 1. The minimum absolute atomic E-state index is 0. The van der Waals surface area contributed by atoms with Crippen LogP contribution >= 0.6 is 11.8 Å². The van der Waals surface area contributed by atoms with E-state index in [0.29, 0.717) is 0 Å². The first kappa shape index (κ1) is 24.9. The molecule has 1 fully saturated rings. The normalized spacial score (nSPS) is 19.9. The number of methoxy groups -OCH3 is 1. The van der Waals surface area contributed by atoms with E-state index in [4.69, 9.17) is 9.47 Å². The number of aliphatic imine (C=N–C) groups is 1. The molecule has 0 N–H and O–H groups in total. The van der Waals surface area contributed by atoms with Crippen LogP contribution in [-0.4, -0.2) is 64.8 Å². The molecule has 0 radical (unpaired) electrons. The number of hydrogen-bond acceptors (Lipinski definition) is 10. The standard InChI is InChI=1S/C18H17N3O8S.Na/c1-9(22)29-7-11-8-30-17-13(16(23)20(17)15(11)18(24)25)19-6-10-4-3-5-12(28-2)14(10)21(26)27;/h3-6,13,17H,7-8H2,1-2H3,(H,24,25);/q;+1/p-1/t13-,17-;/m1./s1. The van der Waals surface area contributed by atoms with Crippen LogP contribution in [0, 0.1) is 10.1 Å². The van der Waals surface area contributed by atoms with E-state index in [0.717, 1.165) is 4.90 Å². The van der Waals surface area contributed by atoms with Gasteiger partial charge in [0.2, 0.25) is 0 Å². The van der Waals surface area contributed by atoms with Crippen molar-refractivity contribution in [3.05, 3.63) is 45.1 Å². The van der Waals surface area contributed by atoms with Crippen molar-refractivity contribution in [3.8, 4) is 5.75 Å². The van der Waals surface area contributed by atoms with Crippen molar-refractivity contribution in [1.29, 1.82) is 0 Å². The molecule has 13 heteroatoms. The summed E-state index contributed by atoms with van der Waals surface area (Å²) < 4.78 is 9.85. The van der Waals surface area contributed by atoms with Crippen LogP contribution in [0.3, 0.4) is 0 Å². The molecule has 2 atom stereocenters. The van der Waals surface area contributed by atoms with Gasteiger partial charge in [-0.2, -0.15) is 0 Å². The summed E-state index contributed by atoms with van der Waals surface area (Å²) in [6.45, 7) is 0.932. The molecule has 1 amide bonds. The molecule has 158 valence electrons. The number of rotatable bonds is 7. The number of aliphatic carboxylic acids is 1. The molecule has 1 saturated heterocycles. The maximum absolute atomic E-state index is 12.6. The summed E-state index contributed by atoms with van der Waals surface area (Å²) in [5.41, 5.74) is -0.213. The van der Waals surface area contributed by atoms with Crippen molar-refractivity contribution in [2.45, 2.75) is 18.3 Å². The number of β-lactam (4-membered cyclic amide) rings is 1. The number of nitro benzene ring substituents is 1. The topological polar surface area (TPSA) is 151 Å². The van der Waals surface area contributed by atoms with Crippen LogP contribution in [0.25, 0.3) is 0 Å². The van der Waals surface area contributed by atoms with E-state index in [1.807, 2.05) is 0 Å². The van der Waals surface area contributed by atoms with Crippen molar-refractivity contribution in [2.75, 3.05) is 19.5 Å². The Kier molecular flexibility index (Phi) is 8.23. The number of amides is 1. The Morgan fingerprint density at radius 3 is 2.71 bits per heavy atom. The predicted molar refractivity (Wildman–Crippen MR) is 103 cm³/mol. The molecule has 11 nitrogen and oxygen atoms in total. The van der Waals surface area contributed by atoms with Gasteiger partial charge in [0, 0.05) is 24.5 Å². The summed E-state index contributed by atoms with van der Waals surface area (Å²) in [6.07, 6.45) is 1.21. The molecular formula is C18H16N3NaO8S. The molecule has 1 aromatic rings. The zero-order chi connectivity index (χ0) is 22.0. The van der Waals surface area contributed by atoms with Crippen LogP contribution < -0.4 is 39.4 Å². The maximum atomic E-state index is 12.6.